The molecular formula is C23H22Cl2N2O5S. The van der Waals surface area contributed by atoms with Gasteiger partial charge in [0.25, 0.3) is 10.0 Å². The van der Waals surface area contributed by atoms with Crippen LogP contribution in [0.25, 0.3) is 0 Å². The van der Waals surface area contributed by atoms with Gasteiger partial charge in [0, 0.05) is 22.5 Å². The zero-order chi connectivity index (χ0) is 24.2. The van der Waals surface area contributed by atoms with Gasteiger partial charge in [-0.1, -0.05) is 41.4 Å². The Labute approximate surface area is 202 Å². The number of anilines is 1. The lowest BCUT2D eigenvalue weighted by atomic mass is 10.0. The molecule has 0 saturated carbocycles. The number of sulfonamides is 1. The summed E-state index contributed by atoms with van der Waals surface area (Å²) in [5.41, 5.74) is 7.01. The molecule has 1 amide bonds. The Kier molecular flexibility index (Phi) is 7.73. The third-order valence-corrected chi connectivity index (χ3v) is 7.25. The van der Waals surface area contributed by atoms with Gasteiger partial charge < -0.3 is 15.2 Å². The van der Waals surface area contributed by atoms with Gasteiger partial charge in [-0.15, -0.1) is 0 Å². The SMILES string of the molecule is COc1ccc(S(=O)(=O)N(CC(N)=O)c2ccc(Cl)cc2Cc2ccccc2Cl)cc1OC. The fourth-order valence-electron chi connectivity index (χ4n) is 3.33. The van der Waals surface area contributed by atoms with Gasteiger partial charge in [-0.3, -0.25) is 9.10 Å². The van der Waals surface area contributed by atoms with Crippen LogP contribution >= 0.6 is 23.2 Å². The van der Waals surface area contributed by atoms with Crippen molar-refractivity contribution in [1.82, 2.24) is 0 Å². The fraction of sp³-hybridized carbons (Fsp3) is 0.174. The molecule has 0 unspecified atom stereocenters. The van der Waals surface area contributed by atoms with E-state index in [-0.39, 0.29) is 22.8 Å². The lowest BCUT2D eigenvalue weighted by Crippen LogP contribution is -2.39. The number of hydrogen-bond donors (Lipinski definition) is 1. The van der Waals surface area contributed by atoms with Crippen molar-refractivity contribution in [2.45, 2.75) is 11.3 Å². The van der Waals surface area contributed by atoms with Crippen molar-refractivity contribution >= 4 is 44.8 Å². The molecule has 0 aliphatic rings. The first-order valence-electron chi connectivity index (χ1n) is 9.72. The molecule has 0 spiro atoms. The Morgan fingerprint density at radius 1 is 0.939 bits per heavy atom. The van der Waals surface area contributed by atoms with Crippen LogP contribution in [0.4, 0.5) is 5.69 Å². The first kappa shape index (κ1) is 24.7. The van der Waals surface area contributed by atoms with Crippen LogP contribution in [0.2, 0.25) is 10.0 Å². The summed E-state index contributed by atoms with van der Waals surface area (Å²) in [5.74, 6) is -0.230. The van der Waals surface area contributed by atoms with E-state index in [1.165, 1.54) is 38.5 Å². The van der Waals surface area contributed by atoms with Crippen LogP contribution in [0, 0.1) is 0 Å². The number of nitrogens with zero attached hydrogens (tertiary/aromatic N) is 1. The summed E-state index contributed by atoms with van der Waals surface area (Å²) >= 11 is 12.5. The molecule has 0 fully saturated rings. The summed E-state index contributed by atoms with van der Waals surface area (Å²) in [6, 6.07) is 16.1. The van der Waals surface area contributed by atoms with Crippen molar-refractivity contribution in [3.63, 3.8) is 0 Å². The predicted octanol–water partition coefficient (Wildman–Crippen LogP) is 4.28. The van der Waals surface area contributed by atoms with Crippen LogP contribution in [0.5, 0.6) is 11.5 Å². The molecular weight excluding hydrogens is 487 g/mol. The molecule has 10 heteroatoms. The smallest absolute Gasteiger partial charge is 0.264 e. The molecule has 3 aromatic rings. The van der Waals surface area contributed by atoms with Gasteiger partial charge in [0.1, 0.15) is 6.54 Å². The number of nitrogens with two attached hydrogens (primary N) is 1. The first-order chi connectivity index (χ1) is 15.7. The minimum Gasteiger partial charge on any atom is -0.493 e. The minimum absolute atomic E-state index is 0.0972. The van der Waals surface area contributed by atoms with E-state index in [1.54, 1.807) is 24.3 Å². The Morgan fingerprint density at radius 3 is 2.27 bits per heavy atom. The summed E-state index contributed by atoms with van der Waals surface area (Å²) in [6.45, 7) is -0.576. The van der Waals surface area contributed by atoms with E-state index in [0.29, 0.717) is 21.4 Å². The lowest BCUT2D eigenvalue weighted by molar-refractivity contribution is -0.116. The first-order valence-corrected chi connectivity index (χ1v) is 11.9. The number of benzene rings is 3. The molecule has 3 rings (SSSR count). The van der Waals surface area contributed by atoms with Crippen LogP contribution in [0.3, 0.4) is 0 Å². The van der Waals surface area contributed by atoms with Crippen molar-refractivity contribution in [1.29, 1.82) is 0 Å². The van der Waals surface area contributed by atoms with E-state index in [1.807, 2.05) is 12.1 Å². The highest BCUT2D eigenvalue weighted by atomic mass is 35.5. The maximum atomic E-state index is 13.7. The van der Waals surface area contributed by atoms with E-state index >= 15 is 0 Å². The average Bonchev–Trinajstić information content (AvgIpc) is 2.78. The highest BCUT2D eigenvalue weighted by molar-refractivity contribution is 7.92. The highest BCUT2D eigenvalue weighted by Crippen LogP contribution is 2.35. The number of ether oxygens (including phenoxy) is 2. The molecule has 0 aromatic heterocycles. The quantitative estimate of drug-likeness (QED) is 0.464. The normalized spacial score (nSPS) is 11.2. The zero-order valence-corrected chi connectivity index (χ0v) is 20.2. The largest absolute Gasteiger partial charge is 0.493 e. The molecule has 0 aliphatic carbocycles. The predicted molar refractivity (Wildman–Crippen MR) is 129 cm³/mol. The fourth-order valence-corrected chi connectivity index (χ4v) is 5.21. The molecule has 0 saturated heterocycles. The molecule has 0 atom stereocenters. The van der Waals surface area contributed by atoms with Crippen LogP contribution in [-0.4, -0.2) is 35.1 Å². The van der Waals surface area contributed by atoms with Gasteiger partial charge in [0.15, 0.2) is 11.5 Å². The second kappa shape index (κ2) is 10.3. The number of primary amides is 1. The van der Waals surface area contributed by atoms with E-state index in [2.05, 4.69) is 0 Å². The van der Waals surface area contributed by atoms with Crippen molar-refractivity contribution in [3.05, 3.63) is 81.8 Å². The maximum absolute atomic E-state index is 13.7. The number of carbonyl (C=O) groups excluding carboxylic acids is 1. The number of methoxy groups -OCH3 is 2. The third-order valence-electron chi connectivity index (χ3n) is 4.89. The van der Waals surface area contributed by atoms with Gasteiger partial charge >= 0.3 is 0 Å². The second-order valence-corrected chi connectivity index (χ2v) is 9.74. The van der Waals surface area contributed by atoms with Crippen LogP contribution < -0.4 is 19.5 Å². The lowest BCUT2D eigenvalue weighted by Gasteiger charge is -2.26. The molecule has 0 heterocycles. The van der Waals surface area contributed by atoms with Gasteiger partial charge in [0.2, 0.25) is 5.91 Å². The van der Waals surface area contributed by atoms with Crippen LogP contribution in [-0.2, 0) is 21.2 Å². The monoisotopic (exact) mass is 508 g/mol. The number of halogens is 2. The minimum atomic E-state index is -4.22. The number of rotatable bonds is 9. The average molecular weight is 509 g/mol. The number of carbonyl (C=O) groups is 1. The molecule has 0 aliphatic heterocycles. The molecule has 7 nitrogen and oxygen atoms in total. The maximum Gasteiger partial charge on any atom is 0.264 e. The van der Waals surface area contributed by atoms with E-state index in [9.17, 15) is 13.2 Å². The van der Waals surface area contributed by atoms with Crippen LogP contribution in [0.1, 0.15) is 11.1 Å². The zero-order valence-electron chi connectivity index (χ0n) is 17.9. The van der Waals surface area contributed by atoms with Gasteiger partial charge in [-0.05, 0) is 47.5 Å². The third kappa shape index (κ3) is 5.52. The summed E-state index contributed by atoms with van der Waals surface area (Å²) in [5, 5.41) is 0.927. The van der Waals surface area contributed by atoms with Gasteiger partial charge in [-0.25, -0.2) is 8.42 Å². The van der Waals surface area contributed by atoms with Gasteiger partial charge in [0.05, 0.1) is 24.8 Å². The summed E-state index contributed by atoms with van der Waals surface area (Å²) in [4.78, 5) is 11.8. The van der Waals surface area contributed by atoms with E-state index in [0.717, 1.165) is 9.87 Å². The Hall–Kier alpha value is -2.94. The molecule has 0 bridgehead atoms. The van der Waals surface area contributed by atoms with E-state index in [4.69, 9.17) is 38.4 Å². The molecule has 33 heavy (non-hydrogen) atoms. The van der Waals surface area contributed by atoms with Crippen molar-refractivity contribution < 1.29 is 22.7 Å². The van der Waals surface area contributed by atoms with Crippen LogP contribution in [0.15, 0.2) is 65.6 Å². The van der Waals surface area contributed by atoms with Crippen molar-refractivity contribution in [3.8, 4) is 11.5 Å². The summed E-state index contributed by atoms with van der Waals surface area (Å²) in [7, 11) is -1.38. The second-order valence-electron chi connectivity index (χ2n) is 7.04. The molecule has 2 N–H and O–H groups in total. The number of amides is 1. The molecule has 0 radical (unpaired) electrons. The highest BCUT2D eigenvalue weighted by Gasteiger charge is 2.29. The summed E-state index contributed by atoms with van der Waals surface area (Å²) in [6.07, 6.45) is 0.284. The van der Waals surface area contributed by atoms with Gasteiger partial charge in [-0.2, -0.15) is 0 Å². The van der Waals surface area contributed by atoms with Crippen molar-refractivity contribution in [2.75, 3.05) is 25.1 Å². The topological polar surface area (TPSA) is 98.9 Å². The Balaban J connectivity index is 2.16. The number of hydrogen-bond acceptors (Lipinski definition) is 5. The molecule has 3 aromatic carbocycles. The standard InChI is InChI=1S/C23H22Cl2N2O5S/c1-31-21-10-8-18(13-22(21)32-2)33(29,30)27(14-23(26)28)20-9-7-17(24)12-16(20)11-15-5-3-4-6-19(15)25/h3-10,12-13H,11,14H2,1-2H3,(H2,26,28). The Morgan fingerprint density at radius 2 is 1.64 bits per heavy atom. The Bertz CT molecular complexity index is 1280. The van der Waals surface area contributed by atoms with E-state index < -0.39 is 22.5 Å². The van der Waals surface area contributed by atoms with Crippen molar-refractivity contribution in [2.24, 2.45) is 5.73 Å². The summed E-state index contributed by atoms with van der Waals surface area (Å²) < 4.78 is 38.7. The molecule has 174 valence electrons.